The van der Waals surface area contributed by atoms with Gasteiger partial charge in [0.25, 0.3) is 0 Å². The molecule has 1 aliphatic heterocycles. The molecule has 0 spiro atoms. The van der Waals surface area contributed by atoms with Gasteiger partial charge in [0.2, 0.25) is 0 Å². The van der Waals surface area contributed by atoms with Gasteiger partial charge in [-0.15, -0.1) is 12.4 Å². The summed E-state index contributed by atoms with van der Waals surface area (Å²) in [5, 5.41) is 11.6. The van der Waals surface area contributed by atoms with Crippen molar-refractivity contribution in [3.05, 3.63) is 12.2 Å². The summed E-state index contributed by atoms with van der Waals surface area (Å²) < 4.78 is 4.80. The molecule has 5 heteroatoms. The quantitative estimate of drug-likeness (QED) is 0.622. The number of halogens is 1. The number of carboxylic acid groups (broad SMARTS) is 1. The molecule has 1 heterocycles. The summed E-state index contributed by atoms with van der Waals surface area (Å²) in [7, 11) is 1.48. The highest BCUT2D eigenvalue weighted by Crippen LogP contribution is 2.12. The molecule has 0 aliphatic carbocycles. The van der Waals surface area contributed by atoms with E-state index in [0.29, 0.717) is 6.54 Å². The van der Waals surface area contributed by atoms with Crippen LogP contribution in [-0.4, -0.2) is 36.9 Å². The van der Waals surface area contributed by atoms with Crippen LogP contribution in [0.3, 0.4) is 0 Å². The molecule has 0 bridgehead atoms. The average molecular weight is 194 g/mol. The Hall–Kier alpha value is -0.580. The number of carboxylic acids is 1. The Morgan fingerprint density at radius 2 is 2.50 bits per heavy atom. The first-order valence-electron chi connectivity index (χ1n) is 3.36. The molecule has 0 radical (unpaired) electrons. The summed E-state index contributed by atoms with van der Waals surface area (Å²) >= 11 is 0. The molecule has 0 aromatic carbocycles. The van der Waals surface area contributed by atoms with Crippen LogP contribution in [0, 0.1) is 0 Å². The fourth-order valence-corrected chi connectivity index (χ4v) is 1.10. The minimum atomic E-state index is -0.991. The molecule has 0 saturated carbocycles. The first-order chi connectivity index (χ1) is 5.21. The van der Waals surface area contributed by atoms with Gasteiger partial charge in [0.15, 0.2) is 5.54 Å². The molecule has 0 aromatic heterocycles. The van der Waals surface area contributed by atoms with Gasteiger partial charge in [0.05, 0.1) is 6.61 Å². The van der Waals surface area contributed by atoms with E-state index in [4.69, 9.17) is 9.84 Å². The first-order valence-corrected chi connectivity index (χ1v) is 3.36. The molecule has 1 unspecified atom stereocenters. The van der Waals surface area contributed by atoms with Crippen molar-refractivity contribution in [1.82, 2.24) is 5.32 Å². The summed E-state index contributed by atoms with van der Waals surface area (Å²) in [5.41, 5.74) is -0.991. The molecule has 1 aliphatic rings. The smallest absolute Gasteiger partial charge is 0.330 e. The topological polar surface area (TPSA) is 58.6 Å². The molecule has 0 saturated heterocycles. The fraction of sp³-hybridized carbons (Fsp3) is 0.571. The van der Waals surface area contributed by atoms with Crippen LogP contribution in [0.5, 0.6) is 0 Å². The zero-order chi connectivity index (χ0) is 8.32. The number of nitrogens with one attached hydrogen (secondary N) is 1. The Kier molecular flexibility index (Phi) is 4.23. The lowest BCUT2D eigenvalue weighted by Crippen LogP contribution is -2.51. The third kappa shape index (κ3) is 1.97. The summed E-state index contributed by atoms with van der Waals surface area (Å²) in [6.45, 7) is 0.758. The van der Waals surface area contributed by atoms with Crippen molar-refractivity contribution in [2.45, 2.75) is 5.54 Å². The Morgan fingerprint density at radius 1 is 1.83 bits per heavy atom. The van der Waals surface area contributed by atoms with E-state index in [1.807, 2.05) is 0 Å². The molecule has 0 aromatic rings. The van der Waals surface area contributed by atoms with Crippen molar-refractivity contribution >= 4 is 18.4 Å². The number of carbonyl (C=O) groups is 1. The minimum absolute atomic E-state index is 0. The molecule has 2 N–H and O–H groups in total. The lowest BCUT2D eigenvalue weighted by Gasteiger charge is -2.21. The van der Waals surface area contributed by atoms with Crippen LogP contribution < -0.4 is 5.32 Å². The zero-order valence-electron chi connectivity index (χ0n) is 6.74. The molecule has 0 amide bonds. The predicted molar refractivity (Wildman–Crippen MR) is 46.6 cm³/mol. The number of aliphatic carboxylic acids is 1. The second kappa shape index (κ2) is 4.45. The fourth-order valence-electron chi connectivity index (χ4n) is 1.10. The van der Waals surface area contributed by atoms with E-state index in [9.17, 15) is 4.79 Å². The number of hydrogen-bond acceptors (Lipinski definition) is 3. The summed E-state index contributed by atoms with van der Waals surface area (Å²) in [5.74, 6) is -0.895. The van der Waals surface area contributed by atoms with Gasteiger partial charge < -0.3 is 9.84 Å². The van der Waals surface area contributed by atoms with Gasteiger partial charge in [-0.3, -0.25) is 5.32 Å². The maximum atomic E-state index is 10.7. The van der Waals surface area contributed by atoms with Crippen molar-refractivity contribution < 1.29 is 14.6 Å². The lowest BCUT2D eigenvalue weighted by atomic mass is 10.0. The van der Waals surface area contributed by atoms with Gasteiger partial charge in [-0.1, -0.05) is 12.2 Å². The van der Waals surface area contributed by atoms with Crippen molar-refractivity contribution in [3.63, 3.8) is 0 Å². The van der Waals surface area contributed by atoms with Crippen LogP contribution >= 0.6 is 12.4 Å². The highest BCUT2D eigenvalue weighted by Gasteiger charge is 2.37. The Balaban J connectivity index is 0.00000121. The molecule has 1 atom stereocenters. The van der Waals surface area contributed by atoms with Crippen molar-refractivity contribution in [1.29, 1.82) is 0 Å². The van der Waals surface area contributed by atoms with Gasteiger partial charge in [-0.05, 0) is 0 Å². The lowest BCUT2D eigenvalue weighted by molar-refractivity contribution is -0.144. The summed E-state index contributed by atoms with van der Waals surface area (Å²) in [4.78, 5) is 10.7. The van der Waals surface area contributed by atoms with Gasteiger partial charge in [-0.25, -0.2) is 4.79 Å². The highest BCUT2D eigenvalue weighted by atomic mass is 35.5. The maximum Gasteiger partial charge on any atom is 0.330 e. The van der Waals surface area contributed by atoms with Crippen LogP contribution in [-0.2, 0) is 9.53 Å². The Morgan fingerprint density at radius 3 is 2.83 bits per heavy atom. The van der Waals surface area contributed by atoms with Crippen LogP contribution in [0.15, 0.2) is 12.2 Å². The minimum Gasteiger partial charge on any atom is -0.480 e. The van der Waals surface area contributed by atoms with E-state index in [1.54, 1.807) is 12.2 Å². The standard InChI is InChI=1S/C7H11NO3.ClH/c1-11-5-7(6(9)10)3-2-4-8-7;/h2-3,8H,4-5H2,1H3,(H,9,10);1H. The van der Waals surface area contributed by atoms with E-state index < -0.39 is 11.5 Å². The van der Waals surface area contributed by atoms with Crippen molar-refractivity contribution in [2.24, 2.45) is 0 Å². The molecular formula is C7H12ClNO3. The van der Waals surface area contributed by atoms with E-state index in [1.165, 1.54) is 7.11 Å². The third-order valence-electron chi connectivity index (χ3n) is 1.69. The Labute approximate surface area is 77.0 Å². The predicted octanol–water partition coefficient (Wildman–Crippen LogP) is 0.0374. The van der Waals surface area contributed by atoms with E-state index in [2.05, 4.69) is 5.32 Å². The van der Waals surface area contributed by atoms with Crippen LogP contribution in [0.2, 0.25) is 0 Å². The van der Waals surface area contributed by atoms with Crippen LogP contribution in [0.1, 0.15) is 0 Å². The van der Waals surface area contributed by atoms with E-state index in [0.717, 1.165) is 0 Å². The molecule has 12 heavy (non-hydrogen) atoms. The van der Waals surface area contributed by atoms with Crippen molar-refractivity contribution in [3.8, 4) is 0 Å². The monoisotopic (exact) mass is 193 g/mol. The largest absolute Gasteiger partial charge is 0.480 e. The van der Waals surface area contributed by atoms with Gasteiger partial charge in [-0.2, -0.15) is 0 Å². The molecule has 70 valence electrons. The third-order valence-corrected chi connectivity index (χ3v) is 1.69. The number of ether oxygens (including phenoxy) is 1. The number of rotatable bonds is 3. The maximum absolute atomic E-state index is 10.7. The molecule has 4 nitrogen and oxygen atoms in total. The molecular weight excluding hydrogens is 182 g/mol. The van der Waals surface area contributed by atoms with E-state index >= 15 is 0 Å². The van der Waals surface area contributed by atoms with E-state index in [-0.39, 0.29) is 19.0 Å². The SMILES string of the molecule is COCC1(C(=O)O)C=CCN1.Cl. The summed E-state index contributed by atoms with van der Waals surface area (Å²) in [6.07, 6.45) is 3.41. The zero-order valence-corrected chi connectivity index (χ0v) is 7.56. The van der Waals surface area contributed by atoms with Crippen LogP contribution in [0.25, 0.3) is 0 Å². The molecule has 0 fully saturated rings. The van der Waals surface area contributed by atoms with Gasteiger partial charge in [0.1, 0.15) is 0 Å². The second-order valence-electron chi connectivity index (χ2n) is 2.49. The average Bonchev–Trinajstić information content (AvgIpc) is 2.38. The number of methoxy groups -OCH3 is 1. The first kappa shape index (κ1) is 11.4. The van der Waals surface area contributed by atoms with Gasteiger partial charge >= 0.3 is 5.97 Å². The van der Waals surface area contributed by atoms with Crippen molar-refractivity contribution in [2.75, 3.05) is 20.3 Å². The number of hydrogen-bond donors (Lipinski definition) is 2. The molecule has 1 rings (SSSR count). The van der Waals surface area contributed by atoms with Crippen LogP contribution in [0.4, 0.5) is 0 Å². The normalized spacial score (nSPS) is 26.8. The second-order valence-corrected chi connectivity index (χ2v) is 2.49. The van der Waals surface area contributed by atoms with Gasteiger partial charge in [0, 0.05) is 13.7 Å². The Bertz CT molecular complexity index is 195. The summed E-state index contributed by atoms with van der Waals surface area (Å²) in [6, 6.07) is 0. The highest BCUT2D eigenvalue weighted by molar-refractivity contribution is 5.85.